The molecule has 1 saturated heterocycles. The summed E-state index contributed by atoms with van der Waals surface area (Å²) in [4.78, 5) is 0. The van der Waals surface area contributed by atoms with Gasteiger partial charge in [-0.15, -0.1) is 0 Å². The van der Waals surface area contributed by atoms with Crippen molar-refractivity contribution in [3.8, 4) is 0 Å². The molecule has 5 nitrogen and oxygen atoms in total. The van der Waals surface area contributed by atoms with Gasteiger partial charge in [0.1, 0.15) is 0 Å². The van der Waals surface area contributed by atoms with Crippen LogP contribution in [0.4, 0.5) is 0 Å². The minimum absolute atomic E-state index is 0.000402. The first kappa shape index (κ1) is 10.9. The third kappa shape index (κ3) is 3.22. The third-order valence-corrected chi connectivity index (χ3v) is 3.78. The normalized spacial score (nSPS) is 32.2. The van der Waals surface area contributed by atoms with Gasteiger partial charge in [0, 0.05) is 12.6 Å². The Morgan fingerprint density at radius 3 is 2.54 bits per heavy atom. The molecule has 1 fully saturated rings. The minimum Gasteiger partial charge on any atom is -0.396 e. The molecule has 0 aromatic carbocycles. The van der Waals surface area contributed by atoms with Gasteiger partial charge in [0.05, 0.1) is 17.6 Å². The molecule has 0 bridgehead atoms. The summed E-state index contributed by atoms with van der Waals surface area (Å²) < 4.78 is 22.1. The van der Waals surface area contributed by atoms with Crippen LogP contribution in [0.3, 0.4) is 0 Å². The second-order valence-electron chi connectivity index (χ2n) is 3.28. The second kappa shape index (κ2) is 4.36. The molecule has 0 amide bonds. The fourth-order valence-corrected chi connectivity index (χ4v) is 3.17. The van der Waals surface area contributed by atoms with Crippen molar-refractivity contribution >= 4 is 9.84 Å². The Bertz CT molecular complexity index is 251. The maximum Gasteiger partial charge on any atom is 0.154 e. The summed E-state index contributed by atoms with van der Waals surface area (Å²) in [6, 6.07) is -0.364. The van der Waals surface area contributed by atoms with Crippen molar-refractivity contribution < 1.29 is 18.6 Å². The summed E-state index contributed by atoms with van der Waals surface area (Å²) in [7, 11) is -3.06. The van der Waals surface area contributed by atoms with Gasteiger partial charge in [0.2, 0.25) is 0 Å². The minimum atomic E-state index is -3.06. The van der Waals surface area contributed by atoms with Gasteiger partial charge in [0.25, 0.3) is 0 Å². The molecule has 1 rings (SSSR count). The SMILES string of the molecule is O=S1(=O)C[C@@H](O)[C@@H](NCCCO)C1. The van der Waals surface area contributed by atoms with E-state index in [0.29, 0.717) is 13.0 Å². The molecule has 13 heavy (non-hydrogen) atoms. The summed E-state index contributed by atoms with van der Waals surface area (Å²) in [5, 5.41) is 20.7. The maximum absolute atomic E-state index is 11.0. The third-order valence-electron chi connectivity index (χ3n) is 2.06. The van der Waals surface area contributed by atoms with Crippen LogP contribution in [0.1, 0.15) is 6.42 Å². The Morgan fingerprint density at radius 1 is 1.38 bits per heavy atom. The molecule has 1 aliphatic heterocycles. The first-order chi connectivity index (χ1) is 6.05. The van der Waals surface area contributed by atoms with Crippen molar-refractivity contribution in [1.82, 2.24) is 5.32 Å². The van der Waals surface area contributed by atoms with Crippen molar-refractivity contribution in [1.29, 1.82) is 0 Å². The molecule has 6 heteroatoms. The number of aliphatic hydroxyl groups is 2. The summed E-state index contributed by atoms with van der Waals surface area (Å²) in [5.74, 6) is -0.149. The molecule has 0 aliphatic carbocycles. The van der Waals surface area contributed by atoms with Crippen LogP contribution >= 0.6 is 0 Å². The lowest BCUT2D eigenvalue weighted by Crippen LogP contribution is -2.39. The van der Waals surface area contributed by atoms with Gasteiger partial charge in [-0.05, 0) is 13.0 Å². The lowest BCUT2D eigenvalue weighted by Gasteiger charge is -2.13. The highest BCUT2D eigenvalue weighted by molar-refractivity contribution is 7.91. The Balaban J connectivity index is 2.36. The highest BCUT2D eigenvalue weighted by Gasteiger charge is 2.35. The van der Waals surface area contributed by atoms with Crippen molar-refractivity contribution in [2.45, 2.75) is 18.6 Å². The van der Waals surface area contributed by atoms with E-state index in [1.807, 2.05) is 0 Å². The van der Waals surface area contributed by atoms with Crippen LogP contribution in [0.15, 0.2) is 0 Å². The van der Waals surface area contributed by atoms with E-state index in [4.69, 9.17) is 5.11 Å². The summed E-state index contributed by atoms with van der Waals surface area (Å²) >= 11 is 0. The molecule has 0 aromatic rings. The van der Waals surface area contributed by atoms with E-state index in [0.717, 1.165) is 0 Å². The van der Waals surface area contributed by atoms with Crippen LogP contribution in [0.25, 0.3) is 0 Å². The van der Waals surface area contributed by atoms with Crippen LogP contribution in [-0.2, 0) is 9.84 Å². The van der Waals surface area contributed by atoms with Gasteiger partial charge in [-0.2, -0.15) is 0 Å². The fourth-order valence-electron chi connectivity index (χ4n) is 1.39. The molecular formula is C7H15NO4S. The lowest BCUT2D eigenvalue weighted by molar-refractivity contribution is 0.164. The number of nitrogens with one attached hydrogen (secondary N) is 1. The number of sulfone groups is 1. The van der Waals surface area contributed by atoms with Gasteiger partial charge in [0.15, 0.2) is 9.84 Å². The van der Waals surface area contributed by atoms with E-state index in [-0.39, 0.29) is 24.2 Å². The Kier molecular flexibility index (Phi) is 3.66. The summed E-state index contributed by atoms with van der Waals surface area (Å²) in [6.07, 6.45) is -0.229. The van der Waals surface area contributed by atoms with Crippen molar-refractivity contribution in [3.63, 3.8) is 0 Å². The Hall–Kier alpha value is -0.170. The molecule has 0 radical (unpaired) electrons. The molecule has 78 valence electrons. The fraction of sp³-hybridized carbons (Fsp3) is 1.00. The smallest absolute Gasteiger partial charge is 0.154 e. The van der Waals surface area contributed by atoms with Crippen molar-refractivity contribution in [2.75, 3.05) is 24.7 Å². The number of rotatable bonds is 4. The maximum atomic E-state index is 11.0. The highest BCUT2D eigenvalue weighted by Crippen LogP contribution is 2.11. The first-order valence-corrected chi connectivity index (χ1v) is 6.10. The van der Waals surface area contributed by atoms with Gasteiger partial charge in [-0.25, -0.2) is 8.42 Å². The zero-order valence-electron chi connectivity index (χ0n) is 7.31. The first-order valence-electron chi connectivity index (χ1n) is 4.28. The number of aliphatic hydroxyl groups excluding tert-OH is 2. The zero-order chi connectivity index (χ0) is 9.90. The quantitative estimate of drug-likeness (QED) is 0.472. The van der Waals surface area contributed by atoms with Gasteiger partial charge < -0.3 is 15.5 Å². The van der Waals surface area contributed by atoms with E-state index in [1.54, 1.807) is 0 Å². The molecule has 0 saturated carbocycles. The summed E-state index contributed by atoms with van der Waals surface area (Å²) in [6.45, 7) is 0.607. The second-order valence-corrected chi connectivity index (χ2v) is 5.44. The highest BCUT2D eigenvalue weighted by atomic mass is 32.2. The Morgan fingerprint density at radius 2 is 2.08 bits per heavy atom. The number of hydrogen-bond donors (Lipinski definition) is 3. The predicted molar refractivity (Wildman–Crippen MR) is 48.2 cm³/mol. The average molecular weight is 209 g/mol. The van der Waals surface area contributed by atoms with Crippen LogP contribution in [0.5, 0.6) is 0 Å². The average Bonchev–Trinajstić information content (AvgIpc) is 2.25. The van der Waals surface area contributed by atoms with Crippen LogP contribution < -0.4 is 5.32 Å². The predicted octanol–water partition coefficient (Wildman–Crippen LogP) is -1.88. The van der Waals surface area contributed by atoms with Crippen molar-refractivity contribution in [3.05, 3.63) is 0 Å². The number of hydrogen-bond acceptors (Lipinski definition) is 5. The van der Waals surface area contributed by atoms with Gasteiger partial charge >= 0.3 is 0 Å². The largest absolute Gasteiger partial charge is 0.396 e. The van der Waals surface area contributed by atoms with E-state index in [2.05, 4.69) is 5.32 Å². The topological polar surface area (TPSA) is 86.6 Å². The molecule has 3 N–H and O–H groups in total. The van der Waals surface area contributed by atoms with Gasteiger partial charge in [-0.3, -0.25) is 0 Å². The van der Waals surface area contributed by atoms with Crippen LogP contribution in [0, 0.1) is 0 Å². The van der Waals surface area contributed by atoms with E-state index in [9.17, 15) is 13.5 Å². The van der Waals surface area contributed by atoms with E-state index < -0.39 is 15.9 Å². The zero-order valence-corrected chi connectivity index (χ0v) is 8.13. The standard InChI is InChI=1S/C7H15NO4S/c9-3-1-2-8-6-4-13(11,12)5-7(6)10/h6-10H,1-5H2/t6-,7+/m0/s1. The molecular weight excluding hydrogens is 194 g/mol. The Labute approximate surface area is 77.7 Å². The molecule has 1 heterocycles. The monoisotopic (exact) mass is 209 g/mol. The van der Waals surface area contributed by atoms with Crippen molar-refractivity contribution in [2.24, 2.45) is 0 Å². The van der Waals surface area contributed by atoms with Crippen LogP contribution in [-0.4, -0.2) is 55.4 Å². The van der Waals surface area contributed by atoms with Crippen LogP contribution in [0.2, 0.25) is 0 Å². The molecule has 2 atom stereocenters. The van der Waals surface area contributed by atoms with E-state index >= 15 is 0 Å². The lowest BCUT2D eigenvalue weighted by atomic mass is 10.2. The van der Waals surface area contributed by atoms with Gasteiger partial charge in [-0.1, -0.05) is 0 Å². The molecule has 0 spiro atoms. The summed E-state index contributed by atoms with van der Waals surface area (Å²) in [5.41, 5.74) is 0. The molecule has 0 unspecified atom stereocenters. The molecule has 1 aliphatic rings. The molecule has 0 aromatic heterocycles. The van der Waals surface area contributed by atoms with E-state index in [1.165, 1.54) is 0 Å².